The zero-order chi connectivity index (χ0) is 21.0. The molecule has 1 heterocycles. The molecule has 0 bridgehead atoms. The third-order valence-corrected chi connectivity index (χ3v) is 4.67. The van der Waals surface area contributed by atoms with Crippen molar-refractivity contribution in [2.24, 2.45) is 0 Å². The van der Waals surface area contributed by atoms with Gasteiger partial charge in [-0.25, -0.2) is 4.98 Å². The lowest BCUT2D eigenvalue weighted by Crippen LogP contribution is -2.11. The van der Waals surface area contributed by atoms with Crippen molar-refractivity contribution in [3.05, 3.63) is 40.2 Å². The lowest BCUT2D eigenvalue weighted by molar-refractivity contribution is 0.286. The van der Waals surface area contributed by atoms with Crippen LogP contribution in [0.1, 0.15) is 12.0 Å². The van der Waals surface area contributed by atoms with Crippen LogP contribution in [0.5, 0.6) is 23.0 Å². The minimum atomic E-state index is -0.327. The van der Waals surface area contributed by atoms with E-state index in [4.69, 9.17) is 24.1 Å². The molecule has 154 valence electrons. The second-order valence-electron chi connectivity index (χ2n) is 6.32. The molecule has 0 fully saturated rings. The van der Waals surface area contributed by atoms with Crippen molar-refractivity contribution >= 4 is 10.9 Å². The fraction of sp³-hybridized carbons (Fsp3) is 0.333. The van der Waals surface area contributed by atoms with Crippen LogP contribution >= 0.6 is 0 Å². The van der Waals surface area contributed by atoms with Gasteiger partial charge in [-0.1, -0.05) is 0 Å². The first-order valence-electron chi connectivity index (χ1n) is 9.08. The number of fused-ring (bicyclic) bond motifs is 1. The van der Waals surface area contributed by atoms with Crippen LogP contribution in [0.25, 0.3) is 22.3 Å². The van der Waals surface area contributed by atoms with Crippen LogP contribution < -0.4 is 24.5 Å². The standard InChI is InChI=1S/C21H24N2O6/c1-26-13-10-15-19(18(11-13)29-4)21(25)23-20(22-15)12-8-16(27-2)14(6-5-7-24)17(9-12)28-3/h8-11,24H,5-7H2,1-4H3,(H,22,23,25). The minimum absolute atomic E-state index is 0.0667. The highest BCUT2D eigenvalue weighted by Gasteiger charge is 2.17. The third-order valence-electron chi connectivity index (χ3n) is 4.67. The van der Waals surface area contributed by atoms with Crippen LogP contribution in [-0.2, 0) is 6.42 Å². The van der Waals surface area contributed by atoms with Crippen molar-refractivity contribution in [2.45, 2.75) is 12.8 Å². The molecule has 0 aliphatic rings. The summed E-state index contributed by atoms with van der Waals surface area (Å²) in [6.07, 6.45) is 1.18. The van der Waals surface area contributed by atoms with E-state index in [9.17, 15) is 4.79 Å². The molecule has 1 aromatic heterocycles. The summed E-state index contributed by atoms with van der Waals surface area (Å²) in [5.41, 5.74) is 1.60. The van der Waals surface area contributed by atoms with E-state index in [0.29, 0.717) is 58.1 Å². The average molecular weight is 400 g/mol. The minimum Gasteiger partial charge on any atom is -0.497 e. The maximum absolute atomic E-state index is 12.8. The molecule has 0 unspecified atom stereocenters. The highest BCUT2D eigenvalue weighted by Crippen LogP contribution is 2.35. The van der Waals surface area contributed by atoms with Gasteiger partial charge in [0.2, 0.25) is 0 Å². The first-order chi connectivity index (χ1) is 14.1. The molecule has 0 radical (unpaired) electrons. The quantitative estimate of drug-likeness (QED) is 0.599. The Morgan fingerprint density at radius 1 is 0.931 bits per heavy atom. The summed E-state index contributed by atoms with van der Waals surface area (Å²) >= 11 is 0. The lowest BCUT2D eigenvalue weighted by Gasteiger charge is -2.15. The predicted octanol–water partition coefficient (Wildman–Crippen LogP) is 2.55. The zero-order valence-corrected chi connectivity index (χ0v) is 16.9. The summed E-state index contributed by atoms with van der Waals surface area (Å²) in [4.78, 5) is 20.2. The average Bonchev–Trinajstić information content (AvgIpc) is 2.75. The van der Waals surface area contributed by atoms with E-state index in [-0.39, 0.29) is 12.2 Å². The van der Waals surface area contributed by atoms with Gasteiger partial charge in [0.15, 0.2) is 0 Å². The maximum Gasteiger partial charge on any atom is 0.262 e. The van der Waals surface area contributed by atoms with Gasteiger partial charge in [-0.05, 0) is 25.0 Å². The number of hydrogen-bond acceptors (Lipinski definition) is 7. The van der Waals surface area contributed by atoms with Crippen molar-refractivity contribution in [2.75, 3.05) is 35.0 Å². The van der Waals surface area contributed by atoms with Gasteiger partial charge in [-0.3, -0.25) is 4.79 Å². The van der Waals surface area contributed by atoms with E-state index in [1.165, 1.54) is 14.2 Å². The van der Waals surface area contributed by atoms with Gasteiger partial charge in [0.05, 0.1) is 34.0 Å². The molecule has 0 spiro atoms. The number of aromatic amines is 1. The number of ether oxygens (including phenoxy) is 4. The Bertz CT molecular complexity index is 1050. The molecule has 0 amide bonds. The van der Waals surface area contributed by atoms with Gasteiger partial charge < -0.3 is 29.0 Å². The molecule has 29 heavy (non-hydrogen) atoms. The Kier molecular flexibility index (Phi) is 6.23. The Balaban J connectivity index is 2.21. The summed E-state index contributed by atoms with van der Waals surface area (Å²) in [5.74, 6) is 2.47. The van der Waals surface area contributed by atoms with Crippen molar-refractivity contribution in [1.29, 1.82) is 0 Å². The SMILES string of the molecule is COc1cc(OC)c2c(=O)[nH]c(-c3cc(OC)c(CCCO)c(OC)c3)nc2c1. The predicted molar refractivity (Wildman–Crippen MR) is 109 cm³/mol. The van der Waals surface area contributed by atoms with Crippen LogP contribution in [0.4, 0.5) is 0 Å². The molecule has 8 nitrogen and oxygen atoms in total. The summed E-state index contributed by atoms with van der Waals surface area (Å²) < 4.78 is 21.6. The van der Waals surface area contributed by atoms with Gasteiger partial charge in [0.1, 0.15) is 34.2 Å². The van der Waals surface area contributed by atoms with Crippen LogP contribution in [0.3, 0.4) is 0 Å². The molecule has 3 aromatic rings. The largest absolute Gasteiger partial charge is 0.497 e. The van der Waals surface area contributed by atoms with E-state index in [1.807, 2.05) is 0 Å². The smallest absolute Gasteiger partial charge is 0.262 e. The summed E-state index contributed by atoms with van der Waals surface area (Å²) in [6, 6.07) is 6.90. The van der Waals surface area contributed by atoms with Crippen LogP contribution in [0.15, 0.2) is 29.1 Å². The van der Waals surface area contributed by atoms with Crippen molar-refractivity contribution < 1.29 is 24.1 Å². The topological polar surface area (TPSA) is 103 Å². The van der Waals surface area contributed by atoms with E-state index in [2.05, 4.69) is 9.97 Å². The molecule has 8 heteroatoms. The zero-order valence-electron chi connectivity index (χ0n) is 16.9. The van der Waals surface area contributed by atoms with E-state index in [0.717, 1.165) is 5.56 Å². The Labute approximate surface area is 168 Å². The second kappa shape index (κ2) is 8.83. The van der Waals surface area contributed by atoms with Crippen molar-refractivity contribution in [3.8, 4) is 34.4 Å². The van der Waals surface area contributed by atoms with E-state index < -0.39 is 0 Å². The highest BCUT2D eigenvalue weighted by molar-refractivity contribution is 5.87. The molecule has 0 saturated heterocycles. The van der Waals surface area contributed by atoms with Crippen molar-refractivity contribution in [1.82, 2.24) is 9.97 Å². The number of benzene rings is 2. The lowest BCUT2D eigenvalue weighted by atomic mass is 10.0. The summed E-state index contributed by atoms with van der Waals surface area (Å²) in [7, 11) is 6.15. The van der Waals surface area contributed by atoms with Gasteiger partial charge in [-0.15, -0.1) is 0 Å². The number of hydrogen-bond donors (Lipinski definition) is 2. The maximum atomic E-state index is 12.8. The molecule has 0 aliphatic carbocycles. The first-order valence-corrected chi connectivity index (χ1v) is 9.08. The Morgan fingerprint density at radius 2 is 1.59 bits per heavy atom. The number of nitrogens with zero attached hydrogens (tertiary/aromatic N) is 1. The van der Waals surface area contributed by atoms with E-state index in [1.54, 1.807) is 38.5 Å². The third kappa shape index (κ3) is 3.97. The Morgan fingerprint density at radius 3 is 2.14 bits per heavy atom. The summed E-state index contributed by atoms with van der Waals surface area (Å²) in [5, 5.41) is 9.50. The number of H-pyrrole nitrogens is 1. The van der Waals surface area contributed by atoms with Crippen LogP contribution in [0, 0.1) is 0 Å². The summed E-state index contributed by atoms with van der Waals surface area (Å²) in [6.45, 7) is 0.0667. The molecule has 2 aromatic carbocycles. The number of aliphatic hydroxyl groups is 1. The molecular formula is C21H24N2O6. The first kappa shape index (κ1) is 20.5. The van der Waals surface area contributed by atoms with Crippen molar-refractivity contribution in [3.63, 3.8) is 0 Å². The second-order valence-corrected chi connectivity index (χ2v) is 6.32. The number of methoxy groups -OCH3 is 4. The highest BCUT2D eigenvalue weighted by atomic mass is 16.5. The van der Waals surface area contributed by atoms with Gasteiger partial charge in [0.25, 0.3) is 5.56 Å². The fourth-order valence-electron chi connectivity index (χ4n) is 3.25. The van der Waals surface area contributed by atoms with Gasteiger partial charge in [0, 0.05) is 29.9 Å². The molecule has 3 rings (SSSR count). The van der Waals surface area contributed by atoms with E-state index >= 15 is 0 Å². The number of aliphatic hydroxyl groups excluding tert-OH is 1. The van der Waals surface area contributed by atoms with Crippen LogP contribution in [0.2, 0.25) is 0 Å². The number of aromatic nitrogens is 2. The molecule has 0 aliphatic heterocycles. The number of nitrogens with one attached hydrogen (secondary N) is 1. The number of rotatable bonds is 8. The Hall–Kier alpha value is -3.26. The van der Waals surface area contributed by atoms with Gasteiger partial charge >= 0.3 is 0 Å². The molecule has 0 atom stereocenters. The molecule has 0 saturated carbocycles. The monoisotopic (exact) mass is 400 g/mol. The normalized spacial score (nSPS) is 10.8. The molecule has 2 N–H and O–H groups in total. The van der Waals surface area contributed by atoms with Gasteiger partial charge in [-0.2, -0.15) is 0 Å². The fourth-order valence-corrected chi connectivity index (χ4v) is 3.25. The van der Waals surface area contributed by atoms with Crippen LogP contribution in [-0.4, -0.2) is 50.1 Å². The molecular weight excluding hydrogens is 376 g/mol.